The summed E-state index contributed by atoms with van der Waals surface area (Å²) in [4.78, 5) is 37.2. The van der Waals surface area contributed by atoms with Crippen LogP contribution in [0.1, 0.15) is 162 Å². The van der Waals surface area contributed by atoms with Crippen molar-refractivity contribution in [2.75, 3.05) is 47.5 Å². The molecular weight excluding hydrogens is 617 g/mol. The van der Waals surface area contributed by atoms with Crippen molar-refractivity contribution in [3.63, 3.8) is 0 Å². The minimum atomic E-state index is -4.61. The summed E-state index contributed by atoms with van der Waals surface area (Å²) in [6, 6.07) is 0. The van der Waals surface area contributed by atoms with Gasteiger partial charge >= 0.3 is 11.9 Å². The van der Waals surface area contributed by atoms with Gasteiger partial charge in [-0.2, -0.15) is 0 Å². The summed E-state index contributed by atoms with van der Waals surface area (Å²) >= 11 is 0. The minimum absolute atomic E-state index is 0.0299. The molecule has 0 aromatic heterocycles. The number of hydrogen-bond acceptors (Lipinski definition) is 8. The number of unbranched alkanes of at least 4 members (excludes halogenated alkanes) is 18. The van der Waals surface area contributed by atoms with Crippen molar-refractivity contribution in [3.8, 4) is 0 Å². The van der Waals surface area contributed by atoms with Gasteiger partial charge in [0.2, 0.25) is 0 Å². The van der Waals surface area contributed by atoms with Crippen molar-refractivity contribution in [1.29, 1.82) is 0 Å². The maximum absolute atomic E-state index is 12.6. The number of phosphoric acid groups is 1. The fourth-order valence-corrected chi connectivity index (χ4v) is 5.72. The highest BCUT2D eigenvalue weighted by Gasteiger charge is 2.21. The fraction of sp³-hybridized carbons (Fsp3) is 0.892. The van der Waals surface area contributed by atoms with Gasteiger partial charge in [-0.3, -0.25) is 14.2 Å². The van der Waals surface area contributed by atoms with Crippen molar-refractivity contribution in [1.82, 2.24) is 0 Å². The number of carbonyl (C=O) groups excluding carboxylic acids is 2. The topological polar surface area (TPSA) is 111 Å². The molecule has 0 aromatic carbocycles. The van der Waals surface area contributed by atoms with Crippen molar-refractivity contribution in [2.45, 2.75) is 168 Å². The van der Waals surface area contributed by atoms with Gasteiger partial charge in [0.15, 0.2) is 6.10 Å². The average Bonchev–Trinajstić information content (AvgIpc) is 3.01. The summed E-state index contributed by atoms with van der Waals surface area (Å²) < 4.78 is 33.7. The van der Waals surface area contributed by atoms with Crippen LogP contribution in [-0.2, 0) is 32.7 Å². The predicted molar refractivity (Wildman–Crippen MR) is 190 cm³/mol. The quantitative estimate of drug-likeness (QED) is 0.0216. The number of nitrogens with zero attached hydrogens (tertiary/aromatic N) is 1. The molecule has 0 amide bonds. The molecule has 0 fully saturated rings. The number of rotatable bonds is 34. The normalized spacial score (nSPS) is 13.9. The smallest absolute Gasteiger partial charge is 0.306 e. The molecular formula is C37H72NO8P. The van der Waals surface area contributed by atoms with E-state index in [0.717, 1.165) is 57.8 Å². The highest BCUT2D eigenvalue weighted by atomic mass is 31.2. The first-order valence-corrected chi connectivity index (χ1v) is 20.4. The highest BCUT2D eigenvalue weighted by molar-refractivity contribution is 7.45. The SMILES string of the molecule is CCCC/C=C/CCCCCCCC(=O)O[C@H](COC(=O)CCCCCCCCCCCCCC)COP(=O)([O-])OCC[N+](C)(C)C. The van der Waals surface area contributed by atoms with Crippen LogP contribution in [0.5, 0.6) is 0 Å². The standard InChI is InChI=1S/C37H72NO8P/c1-6-8-10-12-14-16-18-20-21-23-25-27-29-36(39)43-33-35(34-45-47(41,42)44-32-31-38(3,4)5)46-37(40)30-28-26-24-22-19-17-15-13-11-9-7-2/h13,15,35H,6-12,14,16-34H2,1-5H3/b15-13+/t35-/m1/s1. The van der Waals surface area contributed by atoms with E-state index in [-0.39, 0.29) is 32.0 Å². The molecule has 0 saturated carbocycles. The monoisotopic (exact) mass is 689 g/mol. The van der Waals surface area contributed by atoms with Gasteiger partial charge in [-0.25, -0.2) is 0 Å². The molecule has 0 aliphatic carbocycles. The zero-order valence-corrected chi connectivity index (χ0v) is 31.9. The van der Waals surface area contributed by atoms with Gasteiger partial charge < -0.3 is 27.9 Å². The third-order valence-corrected chi connectivity index (χ3v) is 9.00. The molecule has 2 atom stereocenters. The summed E-state index contributed by atoms with van der Waals surface area (Å²) in [6.45, 7) is 4.16. The van der Waals surface area contributed by atoms with Crippen LogP contribution in [0, 0.1) is 0 Å². The van der Waals surface area contributed by atoms with Gasteiger partial charge in [0.05, 0.1) is 27.7 Å². The second-order valence-corrected chi connectivity index (χ2v) is 15.4. The van der Waals surface area contributed by atoms with E-state index in [1.54, 1.807) is 0 Å². The number of hydrogen-bond donors (Lipinski definition) is 0. The lowest BCUT2D eigenvalue weighted by Gasteiger charge is -2.28. The van der Waals surface area contributed by atoms with E-state index in [4.69, 9.17) is 18.5 Å². The predicted octanol–water partition coefficient (Wildman–Crippen LogP) is 9.22. The molecule has 0 saturated heterocycles. The maximum atomic E-state index is 12.6. The molecule has 1 unspecified atom stereocenters. The highest BCUT2D eigenvalue weighted by Crippen LogP contribution is 2.38. The van der Waals surface area contributed by atoms with Crippen LogP contribution in [0.3, 0.4) is 0 Å². The number of ether oxygens (including phenoxy) is 2. The molecule has 47 heavy (non-hydrogen) atoms. The maximum Gasteiger partial charge on any atom is 0.306 e. The number of phosphoric ester groups is 1. The van der Waals surface area contributed by atoms with Crippen LogP contribution in [0.15, 0.2) is 12.2 Å². The summed E-state index contributed by atoms with van der Waals surface area (Å²) in [6.07, 6.45) is 28.1. The molecule has 0 bridgehead atoms. The molecule has 0 aliphatic rings. The third kappa shape index (κ3) is 34.4. The van der Waals surface area contributed by atoms with E-state index >= 15 is 0 Å². The number of allylic oxidation sites excluding steroid dienone is 2. The van der Waals surface area contributed by atoms with Gasteiger partial charge in [-0.15, -0.1) is 0 Å². The van der Waals surface area contributed by atoms with Gasteiger partial charge in [0.1, 0.15) is 19.8 Å². The molecule has 278 valence electrons. The van der Waals surface area contributed by atoms with E-state index in [2.05, 4.69) is 26.0 Å². The second-order valence-electron chi connectivity index (χ2n) is 13.9. The van der Waals surface area contributed by atoms with E-state index in [1.807, 2.05) is 21.1 Å². The molecule has 0 aliphatic heterocycles. The molecule has 0 N–H and O–H groups in total. The molecule has 0 spiro atoms. The van der Waals surface area contributed by atoms with Crippen molar-refractivity contribution < 1.29 is 42.1 Å². The van der Waals surface area contributed by atoms with Crippen LogP contribution in [0.4, 0.5) is 0 Å². The van der Waals surface area contributed by atoms with Crippen molar-refractivity contribution in [3.05, 3.63) is 12.2 Å². The summed E-state index contributed by atoms with van der Waals surface area (Å²) in [5.41, 5.74) is 0. The third-order valence-electron chi connectivity index (χ3n) is 8.04. The first-order valence-electron chi connectivity index (χ1n) is 18.9. The lowest BCUT2D eigenvalue weighted by Crippen LogP contribution is -2.37. The minimum Gasteiger partial charge on any atom is -0.756 e. The van der Waals surface area contributed by atoms with Crippen molar-refractivity contribution >= 4 is 19.8 Å². The average molecular weight is 690 g/mol. The van der Waals surface area contributed by atoms with E-state index < -0.39 is 26.5 Å². The summed E-state index contributed by atoms with van der Waals surface area (Å²) in [5.74, 6) is -0.844. The summed E-state index contributed by atoms with van der Waals surface area (Å²) in [5, 5.41) is 0. The van der Waals surface area contributed by atoms with Crippen LogP contribution >= 0.6 is 7.82 Å². The molecule has 0 aromatic rings. The summed E-state index contributed by atoms with van der Waals surface area (Å²) in [7, 11) is 1.16. The van der Waals surface area contributed by atoms with E-state index in [1.165, 1.54) is 70.6 Å². The fourth-order valence-electron chi connectivity index (χ4n) is 4.99. The Bertz CT molecular complexity index is 830. The van der Waals surface area contributed by atoms with Crippen LogP contribution in [-0.4, -0.2) is 70.0 Å². The zero-order valence-electron chi connectivity index (χ0n) is 31.0. The van der Waals surface area contributed by atoms with Gasteiger partial charge in [-0.1, -0.05) is 129 Å². The first-order chi connectivity index (χ1) is 22.5. The van der Waals surface area contributed by atoms with Gasteiger partial charge in [-0.05, 0) is 32.1 Å². The first kappa shape index (κ1) is 45.8. The van der Waals surface area contributed by atoms with Crippen molar-refractivity contribution in [2.24, 2.45) is 0 Å². The Morgan fingerprint density at radius 3 is 1.64 bits per heavy atom. The Morgan fingerprint density at radius 2 is 1.11 bits per heavy atom. The zero-order chi connectivity index (χ0) is 35.1. The Balaban J connectivity index is 4.45. The number of quaternary nitrogens is 1. The molecule has 10 heteroatoms. The van der Waals surface area contributed by atoms with Crippen LogP contribution < -0.4 is 4.89 Å². The Hall–Kier alpha value is -1.25. The molecule has 9 nitrogen and oxygen atoms in total. The molecule has 0 rings (SSSR count). The number of likely N-dealkylation sites (N-methyl/N-ethyl adjacent to an activating group) is 1. The van der Waals surface area contributed by atoms with Crippen LogP contribution in [0.25, 0.3) is 0 Å². The van der Waals surface area contributed by atoms with E-state index in [9.17, 15) is 19.0 Å². The molecule has 0 heterocycles. The number of carbonyl (C=O) groups is 2. The largest absolute Gasteiger partial charge is 0.756 e. The van der Waals surface area contributed by atoms with Crippen LogP contribution in [0.2, 0.25) is 0 Å². The Labute approximate surface area is 288 Å². The Kier molecular flexibility index (Phi) is 30.0. The lowest BCUT2D eigenvalue weighted by atomic mass is 10.0. The van der Waals surface area contributed by atoms with Gasteiger partial charge in [0.25, 0.3) is 7.82 Å². The molecule has 0 radical (unpaired) electrons. The Morgan fingerprint density at radius 1 is 0.638 bits per heavy atom. The lowest BCUT2D eigenvalue weighted by molar-refractivity contribution is -0.870. The second kappa shape index (κ2) is 30.8. The number of esters is 2. The van der Waals surface area contributed by atoms with E-state index in [0.29, 0.717) is 17.4 Å². The van der Waals surface area contributed by atoms with Gasteiger partial charge in [0, 0.05) is 12.8 Å².